The second-order valence-electron chi connectivity index (χ2n) is 3.21. The van der Waals surface area contributed by atoms with E-state index in [9.17, 15) is 4.39 Å². The normalized spacial score (nSPS) is 23.2. The van der Waals surface area contributed by atoms with Crippen LogP contribution in [0.2, 0.25) is 0 Å². The Morgan fingerprint density at radius 2 is 2.27 bits per heavy atom. The van der Waals surface area contributed by atoms with Crippen LogP contribution in [0, 0.1) is 5.92 Å². The molecule has 1 rings (SSSR count). The summed E-state index contributed by atoms with van der Waals surface area (Å²) in [4.78, 5) is 2.24. The summed E-state index contributed by atoms with van der Waals surface area (Å²) in [5, 5.41) is 0. The lowest BCUT2D eigenvalue weighted by Crippen LogP contribution is -2.50. The van der Waals surface area contributed by atoms with Crippen LogP contribution in [-0.2, 0) is 0 Å². The van der Waals surface area contributed by atoms with E-state index in [4.69, 9.17) is 5.73 Å². The lowest BCUT2D eigenvalue weighted by atomic mass is 9.93. The Morgan fingerprint density at radius 3 is 2.73 bits per heavy atom. The number of halogens is 1. The van der Waals surface area contributed by atoms with Crippen molar-refractivity contribution >= 4 is 0 Å². The third kappa shape index (κ3) is 2.14. The first-order valence-corrected chi connectivity index (χ1v) is 4.34. The van der Waals surface area contributed by atoms with Gasteiger partial charge in [-0.15, -0.1) is 0 Å². The molecule has 0 aromatic rings. The van der Waals surface area contributed by atoms with Crippen LogP contribution in [0.3, 0.4) is 0 Å². The molecule has 0 spiro atoms. The van der Waals surface area contributed by atoms with Crippen molar-refractivity contribution in [3.8, 4) is 0 Å². The molecule has 1 saturated heterocycles. The molecule has 2 N–H and O–H groups in total. The average Bonchev–Trinajstić information content (AvgIpc) is 1.86. The minimum absolute atomic E-state index is 0.262. The van der Waals surface area contributed by atoms with Gasteiger partial charge in [-0.3, -0.25) is 0 Å². The lowest BCUT2D eigenvalue weighted by Gasteiger charge is -2.40. The molecule has 1 unspecified atom stereocenters. The molecule has 3 heteroatoms. The summed E-state index contributed by atoms with van der Waals surface area (Å²) in [6.07, 6.45) is -0.134. The van der Waals surface area contributed by atoms with Crippen molar-refractivity contribution < 1.29 is 4.39 Å². The van der Waals surface area contributed by atoms with Gasteiger partial charge >= 0.3 is 0 Å². The van der Waals surface area contributed by atoms with Gasteiger partial charge in [-0.25, -0.2) is 4.39 Å². The molecular formula is C8H17FN2. The summed E-state index contributed by atoms with van der Waals surface area (Å²) in [6.45, 7) is 5.48. The Kier molecular flexibility index (Phi) is 3.27. The second kappa shape index (κ2) is 4.02. The van der Waals surface area contributed by atoms with Crippen molar-refractivity contribution in [1.29, 1.82) is 0 Å². The van der Waals surface area contributed by atoms with Crippen LogP contribution in [-0.4, -0.2) is 37.3 Å². The van der Waals surface area contributed by atoms with Gasteiger partial charge in [0.25, 0.3) is 0 Å². The van der Waals surface area contributed by atoms with Crippen molar-refractivity contribution in [2.45, 2.75) is 19.5 Å². The summed E-state index contributed by atoms with van der Waals surface area (Å²) < 4.78 is 13.1. The SMILES string of the molecule is CCN1CC(C(F)CCN)C1. The number of nitrogens with zero attached hydrogens (tertiary/aromatic N) is 1. The molecular weight excluding hydrogens is 143 g/mol. The van der Waals surface area contributed by atoms with E-state index in [-0.39, 0.29) is 5.92 Å². The predicted molar refractivity (Wildman–Crippen MR) is 44.2 cm³/mol. The predicted octanol–water partition coefficient (Wildman–Crippen LogP) is 0.625. The molecule has 1 aliphatic rings. The van der Waals surface area contributed by atoms with Crippen LogP contribution in [0.5, 0.6) is 0 Å². The zero-order valence-electron chi connectivity index (χ0n) is 7.09. The highest BCUT2D eigenvalue weighted by Crippen LogP contribution is 2.22. The standard InChI is InChI=1S/C8H17FN2/c1-2-11-5-7(6-11)8(9)3-4-10/h7-8H,2-6,10H2,1H3. The number of nitrogens with two attached hydrogens (primary N) is 1. The molecule has 0 radical (unpaired) electrons. The molecule has 0 amide bonds. The number of rotatable bonds is 4. The topological polar surface area (TPSA) is 29.3 Å². The fourth-order valence-electron chi connectivity index (χ4n) is 1.49. The molecule has 11 heavy (non-hydrogen) atoms. The van der Waals surface area contributed by atoms with E-state index in [1.807, 2.05) is 0 Å². The van der Waals surface area contributed by atoms with Gasteiger partial charge in [0, 0.05) is 19.0 Å². The molecule has 0 saturated carbocycles. The number of alkyl halides is 1. The van der Waals surface area contributed by atoms with Crippen molar-refractivity contribution in [3.05, 3.63) is 0 Å². The number of hydrogen-bond donors (Lipinski definition) is 1. The Morgan fingerprint density at radius 1 is 1.64 bits per heavy atom. The minimum Gasteiger partial charge on any atom is -0.330 e. The van der Waals surface area contributed by atoms with Gasteiger partial charge in [0.2, 0.25) is 0 Å². The summed E-state index contributed by atoms with van der Waals surface area (Å²) in [5.74, 6) is 0.262. The van der Waals surface area contributed by atoms with E-state index in [1.165, 1.54) is 0 Å². The molecule has 1 atom stereocenters. The minimum atomic E-state index is -0.664. The smallest absolute Gasteiger partial charge is 0.107 e. The van der Waals surface area contributed by atoms with E-state index in [0.717, 1.165) is 19.6 Å². The average molecular weight is 160 g/mol. The van der Waals surface area contributed by atoms with E-state index in [1.54, 1.807) is 0 Å². The van der Waals surface area contributed by atoms with Crippen LogP contribution in [0.15, 0.2) is 0 Å². The highest BCUT2D eigenvalue weighted by Gasteiger charge is 2.31. The molecule has 1 aliphatic heterocycles. The Balaban J connectivity index is 2.10. The van der Waals surface area contributed by atoms with Gasteiger partial charge < -0.3 is 10.6 Å². The van der Waals surface area contributed by atoms with Gasteiger partial charge in [-0.05, 0) is 19.5 Å². The molecule has 66 valence electrons. The maximum Gasteiger partial charge on any atom is 0.107 e. The summed E-state index contributed by atoms with van der Waals surface area (Å²) in [5.41, 5.74) is 5.26. The zero-order valence-corrected chi connectivity index (χ0v) is 7.09. The van der Waals surface area contributed by atoms with E-state index in [0.29, 0.717) is 13.0 Å². The fourth-order valence-corrected chi connectivity index (χ4v) is 1.49. The largest absolute Gasteiger partial charge is 0.330 e. The van der Waals surface area contributed by atoms with E-state index < -0.39 is 6.17 Å². The number of hydrogen-bond acceptors (Lipinski definition) is 2. The van der Waals surface area contributed by atoms with Gasteiger partial charge in [-0.1, -0.05) is 6.92 Å². The molecule has 0 aliphatic carbocycles. The Labute approximate surface area is 67.6 Å². The molecule has 0 bridgehead atoms. The molecule has 1 heterocycles. The number of likely N-dealkylation sites (tertiary alicyclic amines) is 1. The summed E-state index contributed by atoms with van der Waals surface area (Å²) in [6, 6.07) is 0. The van der Waals surface area contributed by atoms with Gasteiger partial charge in [0.15, 0.2) is 0 Å². The summed E-state index contributed by atoms with van der Waals surface area (Å²) in [7, 11) is 0. The zero-order chi connectivity index (χ0) is 8.27. The first-order chi connectivity index (χ1) is 5.27. The van der Waals surface area contributed by atoms with Gasteiger partial charge in [0.1, 0.15) is 6.17 Å². The van der Waals surface area contributed by atoms with Crippen LogP contribution in [0.25, 0.3) is 0 Å². The summed E-state index contributed by atoms with van der Waals surface area (Å²) >= 11 is 0. The third-order valence-electron chi connectivity index (χ3n) is 2.39. The quantitative estimate of drug-likeness (QED) is 0.653. The van der Waals surface area contributed by atoms with Crippen LogP contribution in [0.4, 0.5) is 4.39 Å². The molecule has 2 nitrogen and oxygen atoms in total. The lowest BCUT2D eigenvalue weighted by molar-refractivity contribution is 0.0408. The van der Waals surface area contributed by atoms with E-state index >= 15 is 0 Å². The highest BCUT2D eigenvalue weighted by molar-refractivity contribution is 4.84. The Bertz CT molecular complexity index is 113. The molecule has 0 aromatic heterocycles. The monoisotopic (exact) mass is 160 g/mol. The molecule has 1 fully saturated rings. The van der Waals surface area contributed by atoms with Crippen LogP contribution < -0.4 is 5.73 Å². The van der Waals surface area contributed by atoms with Gasteiger partial charge in [0.05, 0.1) is 0 Å². The van der Waals surface area contributed by atoms with E-state index in [2.05, 4.69) is 11.8 Å². The van der Waals surface area contributed by atoms with Crippen molar-refractivity contribution in [2.24, 2.45) is 11.7 Å². The first kappa shape index (κ1) is 8.94. The van der Waals surface area contributed by atoms with Crippen molar-refractivity contribution in [2.75, 3.05) is 26.2 Å². The third-order valence-corrected chi connectivity index (χ3v) is 2.39. The van der Waals surface area contributed by atoms with Gasteiger partial charge in [-0.2, -0.15) is 0 Å². The maximum atomic E-state index is 13.1. The van der Waals surface area contributed by atoms with Crippen LogP contribution >= 0.6 is 0 Å². The maximum absolute atomic E-state index is 13.1. The van der Waals surface area contributed by atoms with Crippen LogP contribution in [0.1, 0.15) is 13.3 Å². The second-order valence-corrected chi connectivity index (χ2v) is 3.21. The first-order valence-electron chi connectivity index (χ1n) is 4.34. The van der Waals surface area contributed by atoms with Crippen molar-refractivity contribution in [1.82, 2.24) is 4.90 Å². The fraction of sp³-hybridized carbons (Fsp3) is 1.00. The van der Waals surface area contributed by atoms with Crippen molar-refractivity contribution in [3.63, 3.8) is 0 Å². The molecule has 0 aromatic carbocycles. The Hall–Kier alpha value is -0.150. The highest BCUT2D eigenvalue weighted by atomic mass is 19.1.